The first-order chi connectivity index (χ1) is 6.29. The van der Waals surface area contributed by atoms with E-state index in [-0.39, 0.29) is 18.3 Å². The molecule has 1 aliphatic heterocycles. The molecule has 1 aromatic rings. The van der Waals surface area contributed by atoms with E-state index in [9.17, 15) is 9.18 Å². The highest BCUT2D eigenvalue weighted by Crippen LogP contribution is 2.19. The number of nitrogens with one attached hydrogen (secondary N) is 1. The summed E-state index contributed by atoms with van der Waals surface area (Å²) in [6.45, 7) is 0.675. The molecule has 3 nitrogen and oxygen atoms in total. The monoisotopic (exact) mass is 180 g/mol. The van der Waals surface area contributed by atoms with Crippen molar-refractivity contribution in [3.8, 4) is 0 Å². The minimum absolute atomic E-state index is 0.0925. The van der Waals surface area contributed by atoms with Crippen LogP contribution in [0.1, 0.15) is 0 Å². The molecule has 0 unspecified atom stereocenters. The fourth-order valence-electron chi connectivity index (χ4n) is 1.35. The second-order valence-electron chi connectivity index (χ2n) is 2.86. The van der Waals surface area contributed by atoms with Crippen molar-refractivity contribution in [2.75, 3.05) is 18.1 Å². The molecule has 0 radical (unpaired) electrons. The van der Waals surface area contributed by atoms with Gasteiger partial charge in [-0.1, -0.05) is 12.1 Å². The Morgan fingerprint density at radius 1 is 1.38 bits per heavy atom. The predicted molar refractivity (Wildman–Crippen MR) is 46.8 cm³/mol. The second kappa shape index (κ2) is 3.14. The van der Waals surface area contributed by atoms with Gasteiger partial charge >= 0.3 is 0 Å². The molecule has 0 aromatic heterocycles. The summed E-state index contributed by atoms with van der Waals surface area (Å²) in [7, 11) is 0. The maximum atomic E-state index is 13.2. The molecule has 2 rings (SSSR count). The van der Waals surface area contributed by atoms with Crippen molar-refractivity contribution in [3.05, 3.63) is 30.1 Å². The Morgan fingerprint density at radius 3 is 2.77 bits per heavy atom. The molecule has 4 heteroatoms. The van der Waals surface area contributed by atoms with Crippen molar-refractivity contribution >= 4 is 11.6 Å². The number of benzene rings is 1. The van der Waals surface area contributed by atoms with Crippen LogP contribution in [0.3, 0.4) is 0 Å². The van der Waals surface area contributed by atoms with Gasteiger partial charge in [-0.25, -0.2) is 4.39 Å². The van der Waals surface area contributed by atoms with Crippen LogP contribution in [0.25, 0.3) is 0 Å². The molecule has 1 amide bonds. The largest absolute Gasteiger partial charge is 0.295 e. The quantitative estimate of drug-likeness (QED) is 0.690. The Kier molecular flexibility index (Phi) is 1.98. The SMILES string of the molecule is O=C1CNCN1c1ccccc1F. The number of para-hydroxylation sites is 1. The van der Waals surface area contributed by atoms with Gasteiger partial charge in [-0.3, -0.25) is 15.0 Å². The third-order valence-corrected chi connectivity index (χ3v) is 1.99. The van der Waals surface area contributed by atoms with Crippen molar-refractivity contribution in [1.82, 2.24) is 5.32 Å². The van der Waals surface area contributed by atoms with E-state index in [2.05, 4.69) is 5.32 Å². The number of anilines is 1. The van der Waals surface area contributed by atoms with E-state index in [0.29, 0.717) is 12.4 Å². The first kappa shape index (κ1) is 8.19. The average Bonchev–Trinajstić information content (AvgIpc) is 2.52. The van der Waals surface area contributed by atoms with Crippen LogP contribution < -0.4 is 10.2 Å². The standard InChI is InChI=1S/C9H9FN2O/c10-7-3-1-2-4-8(7)12-6-11-5-9(12)13/h1-4,11H,5-6H2. The summed E-state index contributed by atoms with van der Waals surface area (Å²) in [5.74, 6) is -0.454. The molecule has 68 valence electrons. The van der Waals surface area contributed by atoms with Gasteiger partial charge in [-0.05, 0) is 12.1 Å². The molecule has 1 aromatic carbocycles. The lowest BCUT2D eigenvalue weighted by Gasteiger charge is -2.14. The fourth-order valence-corrected chi connectivity index (χ4v) is 1.35. The van der Waals surface area contributed by atoms with E-state index < -0.39 is 0 Å². The second-order valence-corrected chi connectivity index (χ2v) is 2.86. The van der Waals surface area contributed by atoms with Gasteiger partial charge in [0.05, 0.1) is 18.9 Å². The van der Waals surface area contributed by atoms with Crippen LogP contribution in [-0.4, -0.2) is 19.1 Å². The van der Waals surface area contributed by atoms with Crippen LogP contribution in [0.4, 0.5) is 10.1 Å². The predicted octanol–water partition coefficient (Wildman–Crippen LogP) is 0.719. The molecule has 0 atom stereocenters. The van der Waals surface area contributed by atoms with E-state index in [0.717, 1.165) is 0 Å². The molecule has 1 N–H and O–H groups in total. The van der Waals surface area contributed by atoms with Crippen LogP contribution in [0, 0.1) is 5.82 Å². The molecular formula is C9H9FN2O. The first-order valence-electron chi connectivity index (χ1n) is 4.04. The topological polar surface area (TPSA) is 32.3 Å². The Labute approximate surface area is 75.2 Å². The van der Waals surface area contributed by atoms with Gasteiger partial charge in [0.2, 0.25) is 5.91 Å². The summed E-state index contributed by atoms with van der Waals surface area (Å²) in [4.78, 5) is 12.6. The summed E-state index contributed by atoms with van der Waals surface area (Å²) in [6, 6.07) is 6.26. The van der Waals surface area contributed by atoms with Gasteiger partial charge < -0.3 is 0 Å². The van der Waals surface area contributed by atoms with E-state index in [1.165, 1.54) is 11.0 Å². The summed E-state index contributed by atoms with van der Waals surface area (Å²) in [5, 5.41) is 2.86. The van der Waals surface area contributed by atoms with Crippen molar-refractivity contribution in [3.63, 3.8) is 0 Å². The minimum Gasteiger partial charge on any atom is -0.295 e. The molecule has 1 fully saturated rings. The minimum atomic E-state index is -0.362. The van der Waals surface area contributed by atoms with Gasteiger partial charge in [0.1, 0.15) is 5.82 Å². The highest BCUT2D eigenvalue weighted by molar-refractivity contribution is 5.96. The third-order valence-electron chi connectivity index (χ3n) is 1.99. The van der Waals surface area contributed by atoms with Crippen molar-refractivity contribution in [2.45, 2.75) is 0 Å². The number of hydrogen-bond acceptors (Lipinski definition) is 2. The Bertz CT molecular complexity index is 340. The number of rotatable bonds is 1. The van der Waals surface area contributed by atoms with Crippen molar-refractivity contribution in [2.24, 2.45) is 0 Å². The highest BCUT2D eigenvalue weighted by atomic mass is 19.1. The zero-order chi connectivity index (χ0) is 9.26. The molecule has 1 heterocycles. The molecule has 1 saturated heterocycles. The van der Waals surface area contributed by atoms with Crippen molar-refractivity contribution < 1.29 is 9.18 Å². The molecule has 13 heavy (non-hydrogen) atoms. The zero-order valence-electron chi connectivity index (χ0n) is 6.96. The van der Waals surface area contributed by atoms with Crippen LogP contribution >= 0.6 is 0 Å². The fraction of sp³-hybridized carbons (Fsp3) is 0.222. The average molecular weight is 180 g/mol. The van der Waals surface area contributed by atoms with Gasteiger partial charge in [0.25, 0.3) is 0 Å². The zero-order valence-corrected chi connectivity index (χ0v) is 6.96. The Hall–Kier alpha value is -1.42. The normalized spacial score (nSPS) is 16.7. The lowest BCUT2D eigenvalue weighted by molar-refractivity contribution is -0.116. The van der Waals surface area contributed by atoms with E-state index >= 15 is 0 Å². The number of amides is 1. The third kappa shape index (κ3) is 1.40. The van der Waals surface area contributed by atoms with Crippen LogP contribution in [-0.2, 0) is 4.79 Å². The molecule has 0 aliphatic carbocycles. The number of carbonyl (C=O) groups is 1. The van der Waals surface area contributed by atoms with Crippen LogP contribution in [0.5, 0.6) is 0 Å². The maximum absolute atomic E-state index is 13.2. The highest BCUT2D eigenvalue weighted by Gasteiger charge is 2.22. The Morgan fingerprint density at radius 2 is 2.15 bits per heavy atom. The summed E-state index contributed by atoms with van der Waals surface area (Å²) in [5.41, 5.74) is 0.345. The lowest BCUT2D eigenvalue weighted by Crippen LogP contribution is -2.26. The number of hydrogen-bond donors (Lipinski definition) is 1. The number of halogens is 1. The smallest absolute Gasteiger partial charge is 0.242 e. The lowest BCUT2D eigenvalue weighted by atomic mass is 10.3. The maximum Gasteiger partial charge on any atom is 0.242 e. The van der Waals surface area contributed by atoms with Gasteiger partial charge in [-0.2, -0.15) is 0 Å². The summed E-state index contributed by atoms with van der Waals surface area (Å²) >= 11 is 0. The number of nitrogens with zero attached hydrogens (tertiary/aromatic N) is 1. The number of carbonyl (C=O) groups excluding carboxylic acids is 1. The van der Waals surface area contributed by atoms with Gasteiger partial charge in [0.15, 0.2) is 0 Å². The van der Waals surface area contributed by atoms with Crippen LogP contribution in [0.15, 0.2) is 24.3 Å². The molecule has 0 spiro atoms. The summed E-state index contributed by atoms with van der Waals surface area (Å²) in [6.07, 6.45) is 0. The van der Waals surface area contributed by atoms with E-state index in [1.54, 1.807) is 18.2 Å². The van der Waals surface area contributed by atoms with E-state index in [1.807, 2.05) is 0 Å². The molecular weight excluding hydrogens is 171 g/mol. The molecule has 0 bridgehead atoms. The van der Waals surface area contributed by atoms with Crippen LogP contribution in [0.2, 0.25) is 0 Å². The van der Waals surface area contributed by atoms with Crippen molar-refractivity contribution in [1.29, 1.82) is 0 Å². The Balaban J connectivity index is 2.34. The van der Waals surface area contributed by atoms with E-state index in [4.69, 9.17) is 0 Å². The first-order valence-corrected chi connectivity index (χ1v) is 4.04. The van der Waals surface area contributed by atoms with Gasteiger partial charge in [0, 0.05) is 0 Å². The van der Waals surface area contributed by atoms with Gasteiger partial charge in [-0.15, -0.1) is 0 Å². The molecule has 0 saturated carbocycles. The molecule has 1 aliphatic rings. The summed E-state index contributed by atoms with van der Waals surface area (Å²) < 4.78 is 13.2.